The molecule has 10 heteroatoms. The van der Waals surface area contributed by atoms with Gasteiger partial charge in [-0.1, -0.05) is 187 Å². The van der Waals surface area contributed by atoms with Gasteiger partial charge in [-0.3, -0.25) is 18.6 Å². The molecule has 0 rings (SSSR count). The zero-order valence-electron chi connectivity index (χ0n) is 32.7. The predicted molar refractivity (Wildman–Crippen MR) is 206 cm³/mol. The number of hydrogen-bond acceptors (Lipinski definition) is 8. The molecule has 0 aromatic rings. The minimum absolute atomic E-state index is 0.0577. The van der Waals surface area contributed by atoms with E-state index in [1.165, 1.54) is 148 Å². The standard InChI is InChI=1S/C40H80NO8P/c1-3-5-7-9-11-13-14-15-16-17-18-19-20-21-22-23-24-25-27-29-31-33-40(43)49-38(37-48-50(44,45)47-35-34-41)36-46-39(42)32-30-28-26-12-10-8-6-4-2/h38H,3-37,41H2,1-2H3,(H,44,45)/t38-/m1/s1. The van der Waals surface area contributed by atoms with Gasteiger partial charge in [-0.2, -0.15) is 0 Å². The van der Waals surface area contributed by atoms with Gasteiger partial charge < -0.3 is 20.1 Å². The maximum absolute atomic E-state index is 12.5. The fourth-order valence-corrected chi connectivity index (χ4v) is 6.87. The number of phosphoric acid groups is 1. The molecule has 0 aliphatic rings. The third kappa shape index (κ3) is 36.8. The molecule has 298 valence electrons. The smallest absolute Gasteiger partial charge is 0.462 e. The lowest BCUT2D eigenvalue weighted by Gasteiger charge is -2.19. The second-order valence-corrected chi connectivity index (χ2v) is 15.7. The molecule has 1 unspecified atom stereocenters. The Morgan fingerprint density at radius 1 is 0.520 bits per heavy atom. The van der Waals surface area contributed by atoms with Crippen LogP contribution in [-0.4, -0.2) is 49.3 Å². The molecule has 9 nitrogen and oxygen atoms in total. The minimum Gasteiger partial charge on any atom is -0.462 e. The van der Waals surface area contributed by atoms with E-state index < -0.39 is 26.5 Å². The van der Waals surface area contributed by atoms with Crippen molar-refractivity contribution in [3.63, 3.8) is 0 Å². The van der Waals surface area contributed by atoms with Gasteiger partial charge >= 0.3 is 19.8 Å². The lowest BCUT2D eigenvalue weighted by molar-refractivity contribution is -0.161. The van der Waals surface area contributed by atoms with Crippen LogP contribution in [0.3, 0.4) is 0 Å². The van der Waals surface area contributed by atoms with E-state index in [4.69, 9.17) is 24.3 Å². The molecule has 2 atom stereocenters. The Labute approximate surface area is 307 Å². The molecule has 0 aliphatic carbocycles. The zero-order valence-corrected chi connectivity index (χ0v) is 33.6. The van der Waals surface area contributed by atoms with Crippen molar-refractivity contribution >= 4 is 19.8 Å². The average molecular weight is 734 g/mol. The third-order valence-electron chi connectivity index (χ3n) is 9.24. The summed E-state index contributed by atoms with van der Waals surface area (Å²) in [5, 5.41) is 0. The van der Waals surface area contributed by atoms with Crippen molar-refractivity contribution in [2.24, 2.45) is 5.73 Å². The maximum atomic E-state index is 12.5. The van der Waals surface area contributed by atoms with E-state index in [0.717, 1.165) is 32.1 Å². The SMILES string of the molecule is CCCCCCCCCCCCCCCCCCCCCCCC(=O)O[C@H](COC(=O)CCCCCCCCCC)COP(=O)(O)OCCN. The van der Waals surface area contributed by atoms with Gasteiger partial charge in [0.15, 0.2) is 6.10 Å². The summed E-state index contributed by atoms with van der Waals surface area (Å²) in [5.74, 6) is -0.820. The first-order valence-corrected chi connectivity index (χ1v) is 22.5. The van der Waals surface area contributed by atoms with E-state index in [9.17, 15) is 19.0 Å². The number of phosphoric ester groups is 1. The molecule has 0 fully saturated rings. The van der Waals surface area contributed by atoms with Crippen molar-refractivity contribution < 1.29 is 37.6 Å². The van der Waals surface area contributed by atoms with Gasteiger partial charge in [0.1, 0.15) is 6.61 Å². The summed E-state index contributed by atoms with van der Waals surface area (Å²) < 4.78 is 32.6. The fraction of sp³-hybridized carbons (Fsp3) is 0.950. The monoisotopic (exact) mass is 734 g/mol. The van der Waals surface area contributed by atoms with Crippen LogP contribution < -0.4 is 5.73 Å². The van der Waals surface area contributed by atoms with Crippen LogP contribution in [0.25, 0.3) is 0 Å². The summed E-state index contributed by atoms with van der Waals surface area (Å²) in [7, 11) is -4.36. The van der Waals surface area contributed by atoms with E-state index in [1.54, 1.807) is 0 Å². The molecule has 50 heavy (non-hydrogen) atoms. The molecule has 3 N–H and O–H groups in total. The Hall–Kier alpha value is -0.990. The fourth-order valence-electron chi connectivity index (χ4n) is 6.11. The molecule has 0 saturated carbocycles. The summed E-state index contributed by atoms with van der Waals surface area (Å²) in [6, 6.07) is 0. The largest absolute Gasteiger partial charge is 0.472 e. The van der Waals surface area contributed by atoms with Crippen LogP contribution in [0, 0.1) is 0 Å². The van der Waals surface area contributed by atoms with E-state index in [-0.39, 0.29) is 38.6 Å². The van der Waals surface area contributed by atoms with Gasteiger partial charge in [-0.05, 0) is 12.8 Å². The summed E-state index contributed by atoms with van der Waals surface area (Å²) in [4.78, 5) is 34.6. The van der Waals surface area contributed by atoms with Crippen LogP contribution in [0.2, 0.25) is 0 Å². The van der Waals surface area contributed by atoms with Crippen molar-refractivity contribution in [3.8, 4) is 0 Å². The Balaban J connectivity index is 3.99. The highest BCUT2D eigenvalue weighted by molar-refractivity contribution is 7.47. The quantitative estimate of drug-likeness (QED) is 0.0358. The molecule has 0 spiro atoms. The summed E-state index contributed by atoms with van der Waals surface area (Å²) in [6.45, 7) is 3.73. The second-order valence-electron chi connectivity index (χ2n) is 14.2. The van der Waals surface area contributed by atoms with Gasteiger partial charge in [0.2, 0.25) is 0 Å². The Kier molecular flexibility index (Phi) is 37.0. The zero-order chi connectivity index (χ0) is 36.8. The van der Waals surface area contributed by atoms with Crippen LogP contribution in [0.4, 0.5) is 0 Å². The maximum Gasteiger partial charge on any atom is 0.472 e. The molecule has 0 radical (unpaired) electrons. The van der Waals surface area contributed by atoms with Gasteiger partial charge in [0.05, 0.1) is 13.2 Å². The summed E-state index contributed by atoms with van der Waals surface area (Å²) in [6.07, 6.45) is 35.8. The van der Waals surface area contributed by atoms with Crippen LogP contribution in [-0.2, 0) is 32.7 Å². The first kappa shape index (κ1) is 49.0. The lowest BCUT2D eigenvalue weighted by atomic mass is 10.0. The molecular weight excluding hydrogens is 653 g/mol. The van der Waals surface area contributed by atoms with Crippen molar-refractivity contribution in [2.75, 3.05) is 26.4 Å². The van der Waals surface area contributed by atoms with Gasteiger partial charge in [-0.25, -0.2) is 4.57 Å². The molecular formula is C40H80NO8P. The van der Waals surface area contributed by atoms with Gasteiger partial charge in [-0.15, -0.1) is 0 Å². The Morgan fingerprint density at radius 2 is 0.860 bits per heavy atom. The van der Waals surface area contributed by atoms with E-state index in [1.807, 2.05) is 0 Å². The van der Waals surface area contributed by atoms with Crippen LogP contribution in [0.1, 0.15) is 213 Å². The second kappa shape index (κ2) is 37.8. The Morgan fingerprint density at radius 3 is 1.22 bits per heavy atom. The van der Waals surface area contributed by atoms with Crippen LogP contribution >= 0.6 is 7.82 Å². The van der Waals surface area contributed by atoms with Crippen LogP contribution in [0.15, 0.2) is 0 Å². The number of carbonyl (C=O) groups excluding carboxylic acids is 2. The first-order chi connectivity index (χ1) is 24.3. The normalized spacial score (nSPS) is 13.3. The highest BCUT2D eigenvalue weighted by Gasteiger charge is 2.26. The molecule has 0 aromatic heterocycles. The molecule has 0 heterocycles. The summed E-state index contributed by atoms with van der Waals surface area (Å²) >= 11 is 0. The highest BCUT2D eigenvalue weighted by atomic mass is 31.2. The van der Waals surface area contributed by atoms with Crippen LogP contribution in [0.5, 0.6) is 0 Å². The molecule has 0 aliphatic heterocycles. The number of rotatable bonds is 40. The number of ether oxygens (including phenoxy) is 2. The minimum atomic E-state index is -4.36. The first-order valence-electron chi connectivity index (χ1n) is 21.0. The number of unbranched alkanes of at least 4 members (excludes halogenated alkanes) is 27. The highest BCUT2D eigenvalue weighted by Crippen LogP contribution is 2.43. The Bertz CT molecular complexity index is 799. The van der Waals surface area contributed by atoms with E-state index in [0.29, 0.717) is 6.42 Å². The summed E-state index contributed by atoms with van der Waals surface area (Å²) in [5.41, 5.74) is 5.33. The predicted octanol–water partition coefficient (Wildman–Crippen LogP) is 11.7. The molecule has 0 aromatic carbocycles. The topological polar surface area (TPSA) is 134 Å². The lowest BCUT2D eigenvalue weighted by Crippen LogP contribution is -2.29. The third-order valence-corrected chi connectivity index (χ3v) is 10.2. The average Bonchev–Trinajstić information content (AvgIpc) is 3.10. The number of carbonyl (C=O) groups is 2. The van der Waals surface area contributed by atoms with Crippen molar-refractivity contribution in [1.82, 2.24) is 0 Å². The molecule has 0 saturated heterocycles. The van der Waals surface area contributed by atoms with Crippen molar-refractivity contribution in [3.05, 3.63) is 0 Å². The van der Waals surface area contributed by atoms with Gasteiger partial charge in [0, 0.05) is 19.4 Å². The van der Waals surface area contributed by atoms with Crippen molar-refractivity contribution in [2.45, 2.75) is 219 Å². The molecule has 0 bridgehead atoms. The van der Waals surface area contributed by atoms with Crippen molar-refractivity contribution in [1.29, 1.82) is 0 Å². The van der Waals surface area contributed by atoms with E-state index in [2.05, 4.69) is 13.8 Å². The number of esters is 2. The molecule has 0 amide bonds. The van der Waals surface area contributed by atoms with Gasteiger partial charge in [0.25, 0.3) is 0 Å². The van der Waals surface area contributed by atoms with E-state index >= 15 is 0 Å². The number of nitrogens with two attached hydrogens (primary N) is 1. The number of hydrogen-bond donors (Lipinski definition) is 2.